The molecule has 1 atom stereocenters. The van der Waals surface area contributed by atoms with Crippen molar-refractivity contribution in [2.45, 2.75) is 109 Å². The average Bonchev–Trinajstić information content (AvgIpc) is 2.50. The van der Waals surface area contributed by atoms with Crippen molar-refractivity contribution < 1.29 is 9.90 Å². The molecule has 1 radical (unpaired) electrons. The van der Waals surface area contributed by atoms with Gasteiger partial charge in [0, 0.05) is 29.6 Å². The molecular formula is C20H41NNaO2. The molecule has 0 spiro atoms. The van der Waals surface area contributed by atoms with Crippen molar-refractivity contribution in [1.29, 1.82) is 0 Å². The molecule has 1 N–H and O–H groups in total. The maximum absolute atomic E-state index is 11.1. The fourth-order valence-electron chi connectivity index (χ4n) is 3.13. The molecule has 0 aliphatic heterocycles. The van der Waals surface area contributed by atoms with Gasteiger partial charge in [0.25, 0.3) is 0 Å². The summed E-state index contributed by atoms with van der Waals surface area (Å²) >= 11 is 0. The van der Waals surface area contributed by atoms with Crippen molar-refractivity contribution in [2.75, 3.05) is 14.1 Å². The number of carboxylic acids is 1. The monoisotopic (exact) mass is 350 g/mol. The molecule has 1 unspecified atom stereocenters. The molecule has 0 bridgehead atoms. The number of rotatable bonds is 17. The molecule has 3 nitrogen and oxygen atoms in total. The first-order valence-electron chi connectivity index (χ1n) is 9.98. The predicted octanol–water partition coefficient (Wildman–Crippen LogP) is 5.49. The first kappa shape index (κ1) is 26.7. The van der Waals surface area contributed by atoms with Crippen molar-refractivity contribution in [1.82, 2.24) is 4.90 Å². The Morgan fingerprint density at radius 2 is 1.08 bits per heavy atom. The van der Waals surface area contributed by atoms with E-state index in [1.165, 1.54) is 83.5 Å². The van der Waals surface area contributed by atoms with E-state index in [0.29, 0.717) is 0 Å². The van der Waals surface area contributed by atoms with E-state index in [-0.39, 0.29) is 35.6 Å². The molecule has 139 valence electrons. The van der Waals surface area contributed by atoms with E-state index in [1.807, 2.05) is 19.0 Å². The Labute approximate surface area is 173 Å². The van der Waals surface area contributed by atoms with Crippen LogP contribution in [0.5, 0.6) is 0 Å². The van der Waals surface area contributed by atoms with Crippen LogP contribution in [0.4, 0.5) is 0 Å². The van der Waals surface area contributed by atoms with Crippen LogP contribution in [-0.2, 0) is 4.79 Å². The maximum atomic E-state index is 11.1. The minimum atomic E-state index is -0.690. The minimum absolute atomic E-state index is 0. The van der Waals surface area contributed by atoms with Gasteiger partial charge in [-0.3, -0.25) is 9.69 Å². The number of unbranched alkanes of at least 4 members (excludes halogenated alkanes) is 13. The first-order chi connectivity index (χ1) is 11.1. The van der Waals surface area contributed by atoms with Gasteiger partial charge < -0.3 is 5.11 Å². The largest absolute Gasteiger partial charge is 0.480 e. The summed E-state index contributed by atoms with van der Waals surface area (Å²) in [6.07, 6.45) is 19.6. The summed E-state index contributed by atoms with van der Waals surface area (Å²) in [5.41, 5.74) is 0. The van der Waals surface area contributed by atoms with Gasteiger partial charge in [-0.05, 0) is 20.5 Å². The van der Waals surface area contributed by atoms with Gasteiger partial charge in [-0.25, -0.2) is 0 Å². The minimum Gasteiger partial charge on any atom is -0.480 e. The Kier molecular flexibility index (Phi) is 21.9. The van der Waals surface area contributed by atoms with Gasteiger partial charge in [0.05, 0.1) is 0 Å². The second-order valence-corrected chi connectivity index (χ2v) is 7.20. The van der Waals surface area contributed by atoms with E-state index in [2.05, 4.69) is 6.92 Å². The van der Waals surface area contributed by atoms with Crippen molar-refractivity contribution in [2.24, 2.45) is 0 Å². The van der Waals surface area contributed by atoms with Gasteiger partial charge in [-0.2, -0.15) is 0 Å². The molecule has 0 aromatic carbocycles. The molecule has 0 aliphatic rings. The van der Waals surface area contributed by atoms with Gasteiger partial charge in [-0.1, -0.05) is 96.8 Å². The van der Waals surface area contributed by atoms with Crippen molar-refractivity contribution in [3.63, 3.8) is 0 Å². The molecule has 0 saturated heterocycles. The van der Waals surface area contributed by atoms with Gasteiger partial charge >= 0.3 is 5.97 Å². The van der Waals surface area contributed by atoms with Gasteiger partial charge in [-0.15, -0.1) is 0 Å². The van der Waals surface area contributed by atoms with Crippen molar-refractivity contribution in [3.8, 4) is 0 Å². The number of nitrogens with zero attached hydrogens (tertiary/aromatic N) is 1. The van der Waals surface area contributed by atoms with Gasteiger partial charge in [0.1, 0.15) is 6.04 Å². The Balaban J connectivity index is 0. The zero-order valence-electron chi connectivity index (χ0n) is 17.0. The van der Waals surface area contributed by atoms with Crippen LogP contribution in [0.25, 0.3) is 0 Å². The third-order valence-corrected chi connectivity index (χ3v) is 4.74. The zero-order valence-corrected chi connectivity index (χ0v) is 19.0. The number of carboxylic acid groups (broad SMARTS) is 1. The van der Waals surface area contributed by atoms with Crippen LogP contribution in [-0.4, -0.2) is 65.7 Å². The van der Waals surface area contributed by atoms with Crippen LogP contribution in [0.3, 0.4) is 0 Å². The summed E-state index contributed by atoms with van der Waals surface area (Å²) in [7, 11) is 3.70. The Morgan fingerprint density at radius 1 is 0.750 bits per heavy atom. The number of likely N-dealkylation sites (N-methyl/N-ethyl adjacent to an activating group) is 1. The molecule has 24 heavy (non-hydrogen) atoms. The van der Waals surface area contributed by atoms with Gasteiger partial charge in [0.15, 0.2) is 0 Å². The predicted molar refractivity (Wildman–Crippen MR) is 106 cm³/mol. The van der Waals surface area contributed by atoms with Crippen LogP contribution in [0, 0.1) is 0 Å². The van der Waals surface area contributed by atoms with E-state index in [9.17, 15) is 4.79 Å². The van der Waals surface area contributed by atoms with Crippen LogP contribution in [0.2, 0.25) is 0 Å². The molecule has 0 amide bonds. The van der Waals surface area contributed by atoms with E-state index in [0.717, 1.165) is 12.8 Å². The SMILES string of the molecule is CCCCCCCCCCCCCCCCC(C(=O)O)N(C)C.[Na]. The average molecular weight is 351 g/mol. The Hall–Kier alpha value is 0.430. The second kappa shape index (κ2) is 19.8. The quantitative estimate of drug-likeness (QED) is 0.278. The Morgan fingerprint density at radius 3 is 1.38 bits per heavy atom. The topological polar surface area (TPSA) is 40.5 Å². The maximum Gasteiger partial charge on any atom is 0.320 e. The molecule has 0 heterocycles. The second-order valence-electron chi connectivity index (χ2n) is 7.20. The van der Waals surface area contributed by atoms with E-state index in [4.69, 9.17) is 5.11 Å². The number of hydrogen-bond donors (Lipinski definition) is 1. The standard InChI is InChI=1S/C20H41NO2.Na/c1-4-5-6-7-8-9-10-11-12-13-14-15-16-17-18-19(20(22)23)21(2)3;/h19H,4-18H2,1-3H3,(H,22,23);. The fourth-order valence-corrected chi connectivity index (χ4v) is 3.13. The van der Waals surface area contributed by atoms with E-state index >= 15 is 0 Å². The summed E-state index contributed by atoms with van der Waals surface area (Å²) in [5, 5.41) is 9.11. The summed E-state index contributed by atoms with van der Waals surface area (Å²) in [4.78, 5) is 12.9. The summed E-state index contributed by atoms with van der Waals surface area (Å²) in [6, 6.07) is -0.313. The molecule has 0 aromatic rings. The van der Waals surface area contributed by atoms with Crippen LogP contribution >= 0.6 is 0 Å². The van der Waals surface area contributed by atoms with Gasteiger partial charge in [0.2, 0.25) is 0 Å². The summed E-state index contributed by atoms with van der Waals surface area (Å²) in [6.45, 7) is 2.27. The number of hydrogen-bond acceptors (Lipinski definition) is 2. The molecular weight excluding hydrogens is 309 g/mol. The molecule has 0 fully saturated rings. The van der Waals surface area contributed by atoms with Crippen LogP contribution in [0.1, 0.15) is 103 Å². The van der Waals surface area contributed by atoms with E-state index in [1.54, 1.807) is 0 Å². The molecule has 4 heteroatoms. The van der Waals surface area contributed by atoms with Crippen LogP contribution in [0.15, 0.2) is 0 Å². The third kappa shape index (κ3) is 17.3. The molecule has 0 aliphatic carbocycles. The van der Waals surface area contributed by atoms with Crippen molar-refractivity contribution in [3.05, 3.63) is 0 Å². The van der Waals surface area contributed by atoms with Crippen molar-refractivity contribution >= 4 is 35.5 Å². The third-order valence-electron chi connectivity index (χ3n) is 4.74. The normalized spacial score (nSPS) is 12.2. The molecule has 0 rings (SSSR count). The van der Waals surface area contributed by atoms with E-state index < -0.39 is 5.97 Å². The molecule has 0 saturated carbocycles. The first-order valence-corrected chi connectivity index (χ1v) is 9.98. The zero-order chi connectivity index (χ0) is 17.3. The summed E-state index contributed by atoms with van der Waals surface area (Å²) < 4.78 is 0. The number of carbonyl (C=O) groups is 1. The molecule has 0 aromatic heterocycles. The summed E-state index contributed by atoms with van der Waals surface area (Å²) in [5.74, 6) is -0.690. The Bertz CT molecular complexity index is 272. The van der Waals surface area contributed by atoms with Crippen LogP contribution < -0.4 is 0 Å². The smallest absolute Gasteiger partial charge is 0.320 e. The fraction of sp³-hybridized carbons (Fsp3) is 0.950. The number of aliphatic carboxylic acids is 1.